The third-order valence-electron chi connectivity index (χ3n) is 4.16. The van der Waals surface area contributed by atoms with E-state index >= 15 is 0 Å². The summed E-state index contributed by atoms with van der Waals surface area (Å²) >= 11 is 1.99. The van der Waals surface area contributed by atoms with Gasteiger partial charge in [-0.1, -0.05) is 6.07 Å². The van der Waals surface area contributed by atoms with Gasteiger partial charge in [-0.2, -0.15) is 8.78 Å². The second-order valence-corrected chi connectivity index (χ2v) is 7.53. The minimum atomic E-state index is -3.17. The number of halogens is 4. The van der Waals surface area contributed by atoms with E-state index in [1.807, 2.05) is 27.9 Å². The van der Waals surface area contributed by atoms with Crippen LogP contribution >= 0.6 is 22.6 Å². The van der Waals surface area contributed by atoms with Crippen molar-refractivity contribution >= 4 is 51.7 Å². The summed E-state index contributed by atoms with van der Waals surface area (Å²) in [5.41, 5.74) is 0.0799. The van der Waals surface area contributed by atoms with E-state index in [1.54, 1.807) is 12.1 Å². The quantitative estimate of drug-likeness (QED) is 0.558. The summed E-state index contributed by atoms with van der Waals surface area (Å²) in [7, 11) is 0. The molecule has 0 radical (unpaired) electrons. The number of nitrogens with one attached hydrogen (secondary N) is 2. The Bertz CT molecular complexity index is 1040. The van der Waals surface area contributed by atoms with E-state index in [0.717, 1.165) is 14.5 Å². The number of nitrogens with zero attached hydrogens (tertiary/aromatic N) is 1. The molecular formula is C19H15F3IN3O4. The van der Waals surface area contributed by atoms with E-state index in [4.69, 9.17) is 4.74 Å². The molecule has 158 valence electrons. The highest BCUT2D eigenvalue weighted by molar-refractivity contribution is 14.1. The average Bonchev–Trinajstić information content (AvgIpc) is 2.98. The molecule has 1 aliphatic rings. The molecule has 7 nitrogen and oxygen atoms in total. The molecule has 0 aromatic heterocycles. The first-order valence-electron chi connectivity index (χ1n) is 8.65. The van der Waals surface area contributed by atoms with Gasteiger partial charge in [-0.3, -0.25) is 14.5 Å². The Kier molecular flexibility index (Phi) is 6.80. The lowest BCUT2D eigenvalue weighted by molar-refractivity contribution is -0.132. The zero-order valence-corrected chi connectivity index (χ0v) is 17.4. The molecule has 0 unspecified atom stereocenters. The standard InChI is InChI=1S/C19H15F3IN3O4/c20-13-7-11(26-9-12(30-19(26)29)8-24-18(28)17(21)22)4-5-14(13)25-15-3-1-2-10(23)6-16(15)27/h1-7,12,17H,8-9H2,(H,24,28)(H,25,27)/t12-/m0/s1. The van der Waals surface area contributed by atoms with Crippen molar-refractivity contribution in [3.05, 3.63) is 62.1 Å². The Labute approximate surface area is 182 Å². The molecule has 2 aromatic carbocycles. The van der Waals surface area contributed by atoms with Crippen molar-refractivity contribution < 1.29 is 27.5 Å². The summed E-state index contributed by atoms with van der Waals surface area (Å²) in [5.74, 6) is -2.18. The van der Waals surface area contributed by atoms with E-state index in [2.05, 4.69) is 5.32 Å². The van der Waals surface area contributed by atoms with Crippen LogP contribution in [0.1, 0.15) is 0 Å². The van der Waals surface area contributed by atoms with Crippen molar-refractivity contribution in [2.75, 3.05) is 23.3 Å². The van der Waals surface area contributed by atoms with Crippen LogP contribution in [0.5, 0.6) is 0 Å². The molecule has 2 amide bonds. The van der Waals surface area contributed by atoms with Gasteiger partial charge < -0.3 is 15.4 Å². The summed E-state index contributed by atoms with van der Waals surface area (Å²) in [5, 5.41) is 4.69. The van der Waals surface area contributed by atoms with Crippen LogP contribution in [0.15, 0.2) is 47.3 Å². The first kappa shape index (κ1) is 21.9. The Morgan fingerprint density at radius 2 is 1.97 bits per heavy atom. The number of cyclic esters (lactones) is 1. The number of carbonyl (C=O) groups excluding carboxylic acids is 2. The lowest BCUT2D eigenvalue weighted by Gasteiger charge is -2.15. The van der Waals surface area contributed by atoms with Crippen molar-refractivity contribution in [1.29, 1.82) is 0 Å². The van der Waals surface area contributed by atoms with Gasteiger partial charge in [-0.05, 0) is 52.9 Å². The third-order valence-corrected chi connectivity index (χ3v) is 4.83. The van der Waals surface area contributed by atoms with Crippen LogP contribution < -0.4 is 21.0 Å². The first-order valence-corrected chi connectivity index (χ1v) is 9.73. The molecule has 11 heteroatoms. The Balaban J connectivity index is 1.71. The molecule has 1 aliphatic heterocycles. The van der Waals surface area contributed by atoms with Crippen LogP contribution in [0.2, 0.25) is 0 Å². The SMILES string of the molecule is O=C(NC[C@H]1CN(c2ccc(Nc3cccc(I)cc3=O)c(F)c2)C(=O)O1)C(F)F. The number of hydrogen-bond donors (Lipinski definition) is 2. The van der Waals surface area contributed by atoms with Crippen molar-refractivity contribution in [3.63, 3.8) is 0 Å². The van der Waals surface area contributed by atoms with Crippen LogP contribution in [0.3, 0.4) is 0 Å². The molecule has 1 saturated heterocycles. The van der Waals surface area contributed by atoms with E-state index in [-0.39, 0.29) is 35.6 Å². The smallest absolute Gasteiger partial charge is 0.414 e. The number of alkyl halides is 2. The predicted molar refractivity (Wildman–Crippen MR) is 112 cm³/mol. The van der Waals surface area contributed by atoms with Gasteiger partial charge in [0.25, 0.3) is 5.91 Å². The molecule has 1 fully saturated rings. The maximum atomic E-state index is 14.6. The van der Waals surface area contributed by atoms with E-state index in [0.29, 0.717) is 0 Å². The Morgan fingerprint density at radius 1 is 1.20 bits per heavy atom. The second kappa shape index (κ2) is 9.32. The Morgan fingerprint density at radius 3 is 2.67 bits per heavy atom. The molecule has 0 saturated carbocycles. The summed E-state index contributed by atoms with van der Waals surface area (Å²) in [6.45, 7) is -0.337. The molecule has 2 N–H and O–H groups in total. The number of ether oxygens (including phenoxy) is 1. The Hall–Kier alpha value is -2.83. The van der Waals surface area contributed by atoms with Crippen molar-refractivity contribution in [3.8, 4) is 0 Å². The average molecular weight is 533 g/mol. The van der Waals surface area contributed by atoms with Crippen molar-refractivity contribution in [2.45, 2.75) is 12.5 Å². The molecule has 1 heterocycles. The predicted octanol–water partition coefficient (Wildman–Crippen LogP) is 3.24. The number of anilines is 3. The minimum Gasteiger partial charge on any atom is -0.442 e. The summed E-state index contributed by atoms with van der Waals surface area (Å²) in [6.07, 6.45) is -4.81. The first-order chi connectivity index (χ1) is 14.2. The normalized spacial score (nSPS) is 15.8. The maximum Gasteiger partial charge on any atom is 0.414 e. The highest BCUT2D eigenvalue weighted by atomic mass is 127. The van der Waals surface area contributed by atoms with E-state index in [9.17, 15) is 27.6 Å². The van der Waals surface area contributed by atoms with Gasteiger partial charge in [-0.25, -0.2) is 9.18 Å². The van der Waals surface area contributed by atoms with Crippen molar-refractivity contribution in [1.82, 2.24) is 5.32 Å². The van der Waals surface area contributed by atoms with Crippen LogP contribution in [-0.4, -0.2) is 37.6 Å². The van der Waals surface area contributed by atoms with E-state index < -0.39 is 30.3 Å². The fraction of sp³-hybridized carbons (Fsp3) is 0.211. The molecule has 0 aliphatic carbocycles. The number of hydrogen-bond acceptors (Lipinski definition) is 5. The zero-order chi connectivity index (χ0) is 21.8. The molecule has 30 heavy (non-hydrogen) atoms. The van der Waals surface area contributed by atoms with Gasteiger partial charge in [0, 0.05) is 9.64 Å². The lowest BCUT2D eigenvalue weighted by Crippen LogP contribution is -2.37. The minimum absolute atomic E-state index is 0.0327. The van der Waals surface area contributed by atoms with Gasteiger partial charge in [-0.15, -0.1) is 0 Å². The largest absolute Gasteiger partial charge is 0.442 e. The summed E-state index contributed by atoms with van der Waals surface area (Å²) < 4.78 is 44.8. The number of benzene rings is 1. The van der Waals surface area contributed by atoms with Gasteiger partial charge in [0.1, 0.15) is 11.9 Å². The number of rotatable bonds is 6. The molecule has 3 rings (SSSR count). The van der Waals surface area contributed by atoms with Gasteiger partial charge >= 0.3 is 12.5 Å². The fourth-order valence-electron chi connectivity index (χ4n) is 2.72. The number of carbonyl (C=O) groups is 2. The van der Waals surface area contributed by atoms with E-state index in [1.165, 1.54) is 24.3 Å². The second-order valence-electron chi connectivity index (χ2n) is 6.28. The maximum absolute atomic E-state index is 14.6. The third kappa shape index (κ3) is 5.20. The van der Waals surface area contributed by atoms with Crippen LogP contribution in [0.25, 0.3) is 0 Å². The fourth-order valence-corrected chi connectivity index (χ4v) is 3.21. The van der Waals surface area contributed by atoms with Crippen LogP contribution in [-0.2, 0) is 9.53 Å². The van der Waals surface area contributed by atoms with Crippen LogP contribution in [0, 0.1) is 9.39 Å². The van der Waals surface area contributed by atoms with Crippen molar-refractivity contribution in [2.24, 2.45) is 0 Å². The van der Waals surface area contributed by atoms with Gasteiger partial charge in [0.15, 0.2) is 0 Å². The lowest BCUT2D eigenvalue weighted by atomic mass is 10.2. The zero-order valence-electron chi connectivity index (χ0n) is 15.2. The highest BCUT2D eigenvalue weighted by Gasteiger charge is 2.33. The molecular weight excluding hydrogens is 518 g/mol. The molecule has 0 spiro atoms. The molecule has 1 atom stereocenters. The molecule has 0 bridgehead atoms. The highest BCUT2D eigenvalue weighted by Crippen LogP contribution is 2.27. The summed E-state index contributed by atoms with van der Waals surface area (Å²) in [6, 6.07) is 10.2. The van der Waals surface area contributed by atoms with Gasteiger partial charge in [0.05, 0.1) is 30.2 Å². The molecule has 2 aromatic rings. The monoisotopic (exact) mass is 533 g/mol. The number of amides is 2. The summed E-state index contributed by atoms with van der Waals surface area (Å²) in [4.78, 5) is 36.2. The topological polar surface area (TPSA) is 87.7 Å². The van der Waals surface area contributed by atoms with Gasteiger partial charge in [0.2, 0.25) is 5.43 Å². The van der Waals surface area contributed by atoms with Crippen LogP contribution in [0.4, 0.5) is 35.0 Å².